The number of hydrogen-bond donors (Lipinski definition) is 1. The van der Waals surface area contributed by atoms with Gasteiger partial charge in [0.15, 0.2) is 4.80 Å². The van der Waals surface area contributed by atoms with Gasteiger partial charge in [-0.1, -0.05) is 59.9 Å². The third kappa shape index (κ3) is 4.88. The van der Waals surface area contributed by atoms with Crippen LogP contribution in [0.25, 0.3) is 11.8 Å². The molecule has 0 fully saturated rings. The second kappa shape index (κ2) is 11.1. The van der Waals surface area contributed by atoms with Crippen LogP contribution in [0.1, 0.15) is 35.5 Å². The molecule has 1 aliphatic rings. The number of anilines is 1. The van der Waals surface area contributed by atoms with Gasteiger partial charge in [-0.05, 0) is 68.8 Å². The van der Waals surface area contributed by atoms with Gasteiger partial charge < -0.3 is 10.1 Å². The summed E-state index contributed by atoms with van der Waals surface area (Å²) in [5.41, 5.74) is 5.75. The van der Waals surface area contributed by atoms with Crippen LogP contribution in [0.5, 0.6) is 5.75 Å². The van der Waals surface area contributed by atoms with E-state index in [9.17, 15) is 9.59 Å². The van der Waals surface area contributed by atoms with Crippen molar-refractivity contribution in [2.24, 2.45) is 4.99 Å². The Morgan fingerprint density at radius 2 is 1.62 bits per heavy atom. The number of thiazole rings is 1. The van der Waals surface area contributed by atoms with Gasteiger partial charge >= 0.3 is 0 Å². The van der Waals surface area contributed by atoms with E-state index in [4.69, 9.17) is 14.8 Å². The average Bonchev–Trinajstić information content (AvgIpc) is 3.47. The Labute approximate surface area is 246 Å². The molecule has 42 heavy (non-hydrogen) atoms. The first kappa shape index (κ1) is 27.2. The minimum absolute atomic E-state index is 0.219. The van der Waals surface area contributed by atoms with Gasteiger partial charge in [0.05, 0.1) is 40.3 Å². The maximum absolute atomic E-state index is 14.1. The van der Waals surface area contributed by atoms with Crippen molar-refractivity contribution in [3.05, 3.63) is 138 Å². The Hall–Kier alpha value is -5.02. The molecule has 1 N–H and O–H groups in total. The predicted molar refractivity (Wildman–Crippen MR) is 165 cm³/mol. The second-order valence-electron chi connectivity index (χ2n) is 10.0. The molecule has 0 saturated heterocycles. The van der Waals surface area contributed by atoms with Crippen molar-refractivity contribution < 1.29 is 9.53 Å². The van der Waals surface area contributed by atoms with Gasteiger partial charge in [0.25, 0.3) is 11.5 Å². The van der Waals surface area contributed by atoms with Crippen LogP contribution in [-0.4, -0.2) is 27.4 Å². The fraction of sp³-hybridized carbons (Fsp3) is 0.152. The Bertz CT molecular complexity index is 2000. The van der Waals surface area contributed by atoms with Gasteiger partial charge in [0.1, 0.15) is 5.75 Å². The van der Waals surface area contributed by atoms with Crippen molar-refractivity contribution >= 4 is 29.0 Å². The van der Waals surface area contributed by atoms with E-state index < -0.39 is 6.04 Å². The first-order valence-corrected chi connectivity index (χ1v) is 14.3. The van der Waals surface area contributed by atoms with Gasteiger partial charge in [0, 0.05) is 16.9 Å². The lowest BCUT2D eigenvalue weighted by molar-refractivity contribution is -0.113. The van der Waals surface area contributed by atoms with E-state index in [2.05, 4.69) is 5.32 Å². The summed E-state index contributed by atoms with van der Waals surface area (Å²) < 4.78 is 9.38. The number of ether oxygens (including phenoxy) is 1. The Morgan fingerprint density at radius 1 is 0.952 bits per heavy atom. The van der Waals surface area contributed by atoms with E-state index in [0.717, 1.165) is 28.2 Å². The molecular formula is C33H29N5O3S. The first-order chi connectivity index (χ1) is 20.4. The van der Waals surface area contributed by atoms with Crippen LogP contribution in [0.4, 0.5) is 5.69 Å². The molecule has 1 amide bonds. The molecule has 8 nitrogen and oxygen atoms in total. The minimum Gasteiger partial charge on any atom is -0.497 e. The van der Waals surface area contributed by atoms with E-state index in [-0.39, 0.29) is 11.5 Å². The molecule has 0 bridgehead atoms. The number of hydrogen-bond acceptors (Lipinski definition) is 6. The van der Waals surface area contributed by atoms with Crippen molar-refractivity contribution in [3.63, 3.8) is 0 Å². The van der Waals surface area contributed by atoms with Crippen molar-refractivity contribution in [2.75, 3.05) is 12.4 Å². The number of amides is 1. The summed E-state index contributed by atoms with van der Waals surface area (Å²) in [4.78, 5) is 33.2. The maximum atomic E-state index is 14.1. The third-order valence-electron chi connectivity index (χ3n) is 7.35. The molecule has 0 spiro atoms. The van der Waals surface area contributed by atoms with Crippen LogP contribution in [0, 0.1) is 13.8 Å². The highest BCUT2D eigenvalue weighted by molar-refractivity contribution is 7.07. The Balaban J connectivity index is 1.50. The van der Waals surface area contributed by atoms with Crippen LogP contribution in [0.15, 0.2) is 106 Å². The number of fused-ring (bicyclic) bond motifs is 1. The number of allylic oxidation sites excluding steroid dienone is 1. The summed E-state index contributed by atoms with van der Waals surface area (Å²) in [6.07, 6.45) is 1.88. The highest BCUT2D eigenvalue weighted by Gasteiger charge is 2.32. The number of methoxy groups -OCH3 is 1. The van der Waals surface area contributed by atoms with E-state index in [1.54, 1.807) is 11.7 Å². The zero-order valence-corrected chi connectivity index (χ0v) is 24.5. The molecule has 0 aliphatic carbocycles. The lowest BCUT2D eigenvalue weighted by atomic mass is 9.95. The quantitative estimate of drug-likeness (QED) is 0.318. The van der Waals surface area contributed by atoms with E-state index in [1.807, 2.05) is 116 Å². The summed E-state index contributed by atoms with van der Waals surface area (Å²) in [7, 11) is 1.60. The lowest BCUT2D eigenvalue weighted by Crippen LogP contribution is -2.40. The van der Waals surface area contributed by atoms with Gasteiger partial charge in [-0.3, -0.25) is 14.2 Å². The van der Waals surface area contributed by atoms with Gasteiger partial charge in [-0.15, -0.1) is 0 Å². The molecule has 1 atom stereocenters. The van der Waals surface area contributed by atoms with Crippen molar-refractivity contribution in [1.82, 2.24) is 14.3 Å². The normalized spacial score (nSPS) is 14.9. The minimum atomic E-state index is -0.674. The van der Waals surface area contributed by atoms with Crippen LogP contribution in [0.2, 0.25) is 0 Å². The summed E-state index contributed by atoms with van der Waals surface area (Å²) in [6.45, 7) is 5.74. The first-order valence-electron chi connectivity index (χ1n) is 13.5. The zero-order valence-electron chi connectivity index (χ0n) is 23.7. The Morgan fingerprint density at radius 3 is 2.29 bits per heavy atom. The van der Waals surface area contributed by atoms with Crippen LogP contribution in [-0.2, 0) is 4.79 Å². The van der Waals surface area contributed by atoms with Crippen molar-refractivity contribution in [2.45, 2.75) is 26.8 Å². The second-order valence-corrected chi connectivity index (χ2v) is 11.0. The van der Waals surface area contributed by atoms with Crippen LogP contribution >= 0.6 is 11.3 Å². The number of carbonyl (C=O) groups excluding carboxylic acids is 1. The summed E-state index contributed by atoms with van der Waals surface area (Å²) >= 11 is 1.31. The Kier molecular flexibility index (Phi) is 7.18. The molecule has 3 aromatic carbocycles. The van der Waals surface area contributed by atoms with E-state index in [1.165, 1.54) is 11.3 Å². The smallest absolute Gasteiger partial charge is 0.271 e. The summed E-state index contributed by atoms with van der Waals surface area (Å²) in [5.74, 6) is 0.372. The zero-order chi connectivity index (χ0) is 29.4. The van der Waals surface area contributed by atoms with Crippen LogP contribution in [0.3, 0.4) is 0 Å². The molecule has 0 saturated carbocycles. The SMILES string of the molecule is COc1ccc(C2C(C(=O)Nc3ccccc3)=C(C)N=c3sc(=Cc4c(C)nn(-c5ccccc5)c4C)c(=O)n32)cc1. The topological polar surface area (TPSA) is 90.5 Å². The van der Waals surface area contributed by atoms with Gasteiger partial charge in [-0.2, -0.15) is 5.10 Å². The number of carbonyl (C=O) groups is 1. The number of aromatic nitrogens is 3. The predicted octanol–water partition coefficient (Wildman–Crippen LogP) is 4.69. The van der Waals surface area contributed by atoms with Crippen molar-refractivity contribution in [1.29, 1.82) is 0 Å². The molecular weight excluding hydrogens is 546 g/mol. The third-order valence-corrected chi connectivity index (χ3v) is 8.34. The molecule has 6 rings (SSSR count). The molecule has 1 unspecified atom stereocenters. The fourth-order valence-corrected chi connectivity index (χ4v) is 6.28. The molecule has 9 heteroatoms. The van der Waals surface area contributed by atoms with E-state index >= 15 is 0 Å². The highest BCUT2D eigenvalue weighted by Crippen LogP contribution is 2.32. The largest absolute Gasteiger partial charge is 0.497 e. The maximum Gasteiger partial charge on any atom is 0.271 e. The highest BCUT2D eigenvalue weighted by atomic mass is 32.1. The monoisotopic (exact) mass is 575 g/mol. The molecule has 0 radical (unpaired) electrons. The fourth-order valence-electron chi connectivity index (χ4n) is 5.25. The molecule has 210 valence electrons. The summed E-state index contributed by atoms with van der Waals surface area (Å²) in [6, 6.07) is 25.9. The molecule has 2 aromatic heterocycles. The van der Waals surface area contributed by atoms with Gasteiger partial charge in [0.2, 0.25) is 0 Å². The van der Waals surface area contributed by atoms with Crippen molar-refractivity contribution in [3.8, 4) is 11.4 Å². The lowest BCUT2D eigenvalue weighted by Gasteiger charge is -2.25. The molecule has 5 aromatic rings. The number of nitrogens with one attached hydrogen (secondary N) is 1. The number of benzene rings is 3. The molecule has 3 heterocycles. The van der Waals surface area contributed by atoms with E-state index in [0.29, 0.717) is 32.0 Å². The average molecular weight is 576 g/mol. The standard InChI is InChI=1S/C33H29N5O3S/c1-20-27(22(3)38(36-20)25-13-9-6-10-14-25)19-28-32(40)37-30(23-15-17-26(41-4)18-16-23)29(21(2)34-33(37)42-28)31(39)35-24-11-7-5-8-12-24/h5-19,30H,1-4H3,(H,35,39). The number of nitrogens with zero attached hydrogens (tertiary/aromatic N) is 4. The number of para-hydroxylation sites is 2. The summed E-state index contributed by atoms with van der Waals surface area (Å²) in [5, 5.41) is 7.72. The number of rotatable bonds is 6. The van der Waals surface area contributed by atoms with Gasteiger partial charge in [-0.25, -0.2) is 9.67 Å². The molecule has 1 aliphatic heterocycles. The van der Waals surface area contributed by atoms with Crippen LogP contribution < -0.4 is 24.9 Å². The number of aryl methyl sites for hydroxylation is 1.